The highest BCUT2D eigenvalue weighted by molar-refractivity contribution is 6.32. The maximum absolute atomic E-state index is 13.6. The number of rotatable bonds is 9. The monoisotopic (exact) mass is 770 g/mol. The van der Waals surface area contributed by atoms with Gasteiger partial charge in [0.1, 0.15) is 24.5 Å². The summed E-state index contributed by atoms with van der Waals surface area (Å²) in [5.41, 5.74) is 5.27. The molecule has 0 aliphatic carbocycles. The van der Waals surface area contributed by atoms with Crippen molar-refractivity contribution in [3.63, 3.8) is 0 Å². The van der Waals surface area contributed by atoms with E-state index in [1.807, 2.05) is 56.3 Å². The number of fused-ring (bicyclic) bond motifs is 2. The minimum atomic E-state index is -0.991. The summed E-state index contributed by atoms with van der Waals surface area (Å²) >= 11 is 6.32. The van der Waals surface area contributed by atoms with E-state index in [0.717, 1.165) is 58.2 Å². The van der Waals surface area contributed by atoms with Crippen LogP contribution < -0.4 is 19.9 Å². The molecule has 284 valence electrons. The average Bonchev–Trinajstić information content (AvgIpc) is 3.83. The van der Waals surface area contributed by atoms with Crippen molar-refractivity contribution in [2.75, 3.05) is 43.1 Å². The molecule has 13 heteroatoms. The number of hydrogen-bond donors (Lipinski definition) is 1. The van der Waals surface area contributed by atoms with Gasteiger partial charge in [0.2, 0.25) is 17.7 Å². The number of carbonyl (C=O) groups excluding carboxylic acids is 5. The van der Waals surface area contributed by atoms with Crippen LogP contribution in [0.3, 0.4) is 0 Å². The molecule has 2 fully saturated rings. The number of nitrogens with one attached hydrogen (secondary N) is 1. The van der Waals surface area contributed by atoms with Gasteiger partial charge >= 0.3 is 0 Å². The highest BCUT2D eigenvalue weighted by atomic mass is 35.5. The Morgan fingerprint density at radius 2 is 1.62 bits per heavy atom. The molecule has 0 bridgehead atoms. The van der Waals surface area contributed by atoms with Crippen LogP contribution in [0.2, 0.25) is 5.02 Å². The Labute approximate surface area is 329 Å². The number of nitriles is 1. The second-order valence-electron chi connectivity index (χ2n) is 15.2. The Hall–Kier alpha value is -6.03. The number of carbonyl (C=O) groups is 5. The van der Waals surface area contributed by atoms with Crippen molar-refractivity contribution in [3.8, 4) is 22.9 Å². The molecule has 8 rings (SSSR count). The molecule has 2 atom stereocenters. The minimum Gasteiger partial charge on any atom is -0.492 e. The quantitative estimate of drug-likeness (QED) is 0.208. The molecular weight excluding hydrogens is 732 g/mol. The molecular formula is C43H39ClN6O6. The normalized spacial score (nSPS) is 20.1. The van der Waals surface area contributed by atoms with Crippen LogP contribution in [0.1, 0.15) is 65.0 Å². The van der Waals surface area contributed by atoms with E-state index in [1.165, 1.54) is 0 Å². The van der Waals surface area contributed by atoms with Crippen molar-refractivity contribution in [3.05, 3.63) is 106 Å². The predicted octanol–water partition coefficient (Wildman–Crippen LogP) is 5.83. The number of imide groups is 2. The van der Waals surface area contributed by atoms with Gasteiger partial charge in [-0.2, -0.15) is 5.26 Å². The van der Waals surface area contributed by atoms with Crippen molar-refractivity contribution in [2.24, 2.45) is 0 Å². The SMILES string of the molecule is CN(CCOc1ccc(-c2ccc3c(c2)C(C)(C)C(=O)N3c2ccc(C#N)c(Cl)c2)cc1)C1CCN(c2ccc3c(c2)C(=O)N(C2CCC(=O)NC2=O)C3=O)C1. The summed E-state index contributed by atoms with van der Waals surface area (Å²) in [5, 5.41) is 11.8. The van der Waals surface area contributed by atoms with E-state index < -0.39 is 35.1 Å². The van der Waals surface area contributed by atoms with Crippen molar-refractivity contribution in [1.82, 2.24) is 15.1 Å². The first kappa shape index (κ1) is 36.9. The zero-order valence-corrected chi connectivity index (χ0v) is 31.9. The number of ether oxygens (including phenoxy) is 1. The molecule has 5 amide bonds. The third-order valence-electron chi connectivity index (χ3n) is 11.5. The number of anilines is 3. The van der Waals surface area contributed by atoms with Crippen molar-refractivity contribution in [2.45, 2.75) is 50.6 Å². The molecule has 4 heterocycles. The van der Waals surface area contributed by atoms with Gasteiger partial charge in [-0.3, -0.25) is 44.0 Å². The van der Waals surface area contributed by atoms with Crippen LogP contribution in [0.5, 0.6) is 5.75 Å². The first-order chi connectivity index (χ1) is 26.8. The van der Waals surface area contributed by atoms with Gasteiger partial charge in [0.15, 0.2) is 0 Å². The number of nitrogens with zero attached hydrogens (tertiary/aromatic N) is 5. The van der Waals surface area contributed by atoms with Crippen molar-refractivity contribution < 1.29 is 28.7 Å². The summed E-state index contributed by atoms with van der Waals surface area (Å²) in [6.45, 7) is 6.54. The summed E-state index contributed by atoms with van der Waals surface area (Å²) in [6, 6.07) is 25.5. The summed E-state index contributed by atoms with van der Waals surface area (Å²) in [5.74, 6) is -1.36. The van der Waals surface area contributed by atoms with Gasteiger partial charge < -0.3 is 9.64 Å². The molecule has 2 unspecified atom stereocenters. The number of hydrogen-bond acceptors (Lipinski definition) is 9. The topological polar surface area (TPSA) is 143 Å². The Bertz CT molecular complexity index is 2370. The molecule has 0 aromatic heterocycles. The third kappa shape index (κ3) is 6.36. The molecule has 56 heavy (non-hydrogen) atoms. The molecule has 4 aromatic rings. The molecule has 0 radical (unpaired) electrons. The average molecular weight is 771 g/mol. The van der Waals surface area contributed by atoms with Crippen LogP contribution in [-0.4, -0.2) is 84.7 Å². The summed E-state index contributed by atoms with van der Waals surface area (Å²) in [4.78, 5) is 71.3. The Morgan fingerprint density at radius 1 is 0.893 bits per heavy atom. The van der Waals surface area contributed by atoms with Gasteiger partial charge in [-0.15, -0.1) is 0 Å². The zero-order valence-electron chi connectivity index (χ0n) is 31.2. The lowest BCUT2D eigenvalue weighted by atomic mass is 9.84. The van der Waals surface area contributed by atoms with Crippen molar-refractivity contribution in [1.29, 1.82) is 5.26 Å². The maximum atomic E-state index is 13.6. The molecule has 1 N–H and O–H groups in total. The first-order valence-corrected chi connectivity index (χ1v) is 19.0. The highest BCUT2D eigenvalue weighted by Crippen LogP contribution is 2.47. The van der Waals surface area contributed by atoms with E-state index in [0.29, 0.717) is 29.4 Å². The van der Waals surface area contributed by atoms with Crippen LogP contribution in [0, 0.1) is 11.3 Å². The van der Waals surface area contributed by atoms with E-state index in [2.05, 4.69) is 34.3 Å². The van der Waals surface area contributed by atoms with Crippen molar-refractivity contribution >= 4 is 58.2 Å². The predicted molar refractivity (Wildman–Crippen MR) is 210 cm³/mol. The fourth-order valence-electron chi connectivity index (χ4n) is 8.13. The van der Waals surface area contributed by atoms with Gasteiger partial charge in [0, 0.05) is 37.8 Å². The van der Waals surface area contributed by atoms with Crippen LogP contribution in [0.4, 0.5) is 17.1 Å². The maximum Gasteiger partial charge on any atom is 0.262 e. The van der Waals surface area contributed by atoms with Crippen LogP contribution in [0.25, 0.3) is 11.1 Å². The number of likely N-dealkylation sites (N-methyl/N-ethyl adjacent to an activating group) is 1. The van der Waals surface area contributed by atoms with E-state index in [9.17, 15) is 29.2 Å². The minimum absolute atomic E-state index is 0.0676. The summed E-state index contributed by atoms with van der Waals surface area (Å²) in [7, 11) is 2.07. The Balaban J connectivity index is 0.864. The van der Waals surface area contributed by atoms with Crippen LogP contribution >= 0.6 is 11.6 Å². The fourth-order valence-corrected chi connectivity index (χ4v) is 8.35. The lowest BCUT2D eigenvalue weighted by Gasteiger charge is -2.27. The van der Waals surface area contributed by atoms with E-state index >= 15 is 0 Å². The molecule has 0 saturated carbocycles. The number of benzene rings is 4. The van der Waals surface area contributed by atoms with Gasteiger partial charge in [-0.25, -0.2) is 0 Å². The highest BCUT2D eigenvalue weighted by Gasteiger charge is 2.46. The zero-order chi connectivity index (χ0) is 39.5. The van der Waals surface area contributed by atoms with E-state index in [1.54, 1.807) is 35.2 Å². The van der Waals surface area contributed by atoms with Gasteiger partial charge in [0.05, 0.1) is 38.5 Å². The molecule has 0 spiro atoms. The van der Waals surface area contributed by atoms with Gasteiger partial charge in [-0.1, -0.05) is 29.8 Å². The molecule has 4 aromatic carbocycles. The standard InChI is InChI=1S/C43H39ClN6O6/c1-43(2)34-20-26(7-13-36(34)49(42(43)55)29-8-4-27(23-45)35(44)22-29)25-5-10-31(11-6-25)56-19-18-47(3)30-16-17-48(24-30)28-9-12-32-33(21-28)41(54)50(40(32)53)37-14-15-38(51)46-39(37)52/h4-13,20-22,30,37H,14-19,24H2,1-3H3,(H,46,51,52). The van der Waals surface area contributed by atoms with Gasteiger partial charge in [-0.05, 0) is 111 Å². The lowest BCUT2D eigenvalue weighted by molar-refractivity contribution is -0.136. The first-order valence-electron chi connectivity index (χ1n) is 18.6. The van der Waals surface area contributed by atoms with Crippen LogP contribution in [0.15, 0.2) is 78.9 Å². The molecule has 2 saturated heterocycles. The Morgan fingerprint density at radius 3 is 2.36 bits per heavy atom. The molecule has 12 nitrogen and oxygen atoms in total. The summed E-state index contributed by atoms with van der Waals surface area (Å²) in [6.07, 6.45) is 1.12. The second-order valence-corrected chi connectivity index (χ2v) is 15.6. The number of amides is 5. The van der Waals surface area contributed by atoms with E-state index in [-0.39, 0.29) is 35.9 Å². The number of halogens is 1. The smallest absolute Gasteiger partial charge is 0.262 e. The Kier molecular flexibility index (Phi) is 9.39. The molecule has 4 aliphatic heterocycles. The van der Waals surface area contributed by atoms with E-state index in [4.69, 9.17) is 16.3 Å². The number of piperidine rings is 1. The second kappa shape index (κ2) is 14.2. The largest absolute Gasteiger partial charge is 0.492 e. The van der Waals surface area contributed by atoms with Crippen LogP contribution in [-0.2, 0) is 19.8 Å². The fraction of sp³-hybridized carbons (Fsp3) is 0.302. The summed E-state index contributed by atoms with van der Waals surface area (Å²) < 4.78 is 6.14. The lowest BCUT2D eigenvalue weighted by Crippen LogP contribution is -2.54. The molecule has 4 aliphatic rings. The van der Waals surface area contributed by atoms with Gasteiger partial charge in [0.25, 0.3) is 11.8 Å². The third-order valence-corrected chi connectivity index (χ3v) is 11.8.